The van der Waals surface area contributed by atoms with Crippen molar-refractivity contribution in [3.8, 4) is 5.75 Å². The molecule has 0 bridgehead atoms. The molecule has 2 atom stereocenters. The van der Waals surface area contributed by atoms with Gasteiger partial charge in [0.15, 0.2) is 6.10 Å². The quantitative estimate of drug-likeness (QED) is 0.777. The average Bonchev–Trinajstić information content (AvgIpc) is 3.10. The Labute approximate surface area is 163 Å². The van der Waals surface area contributed by atoms with Crippen molar-refractivity contribution in [3.05, 3.63) is 54.6 Å². The number of para-hydroxylation sites is 3. The highest BCUT2D eigenvalue weighted by Gasteiger charge is 2.38. The molecule has 0 aromatic heterocycles. The molecule has 0 spiro atoms. The first-order chi connectivity index (χ1) is 13.5. The number of hydrogen-bond donors (Lipinski definition) is 1. The molecule has 3 rings (SSSR count). The first-order valence-corrected chi connectivity index (χ1v) is 8.99. The van der Waals surface area contributed by atoms with Crippen molar-refractivity contribution >= 4 is 29.2 Å². The van der Waals surface area contributed by atoms with Crippen molar-refractivity contribution in [2.45, 2.75) is 19.4 Å². The van der Waals surface area contributed by atoms with Crippen LogP contribution >= 0.6 is 0 Å². The molecule has 7 heteroatoms. The van der Waals surface area contributed by atoms with Crippen LogP contribution in [0.4, 0.5) is 11.4 Å². The Kier molecular flexibility index (Phi) is 5.93. The molecule has 1 aliphatic rings. The molecule has 2 aromatic rings. The predicted molar refractivity (Wildman–Crippen MR) is 104 cm³/mol. The van der Waals surface area contributed by atoms with Crippen LogP contribution in [-0.2, 0) is 19.1 Å². The first-order valence-electron chi connectivity index (χ1n) is 8.99. The summed E-state index contributed by atoms with van der Waals surface area (Å²) < 4.78 is 10.6. The predicted octanol–water partition coefficient (Wildman–Crippen LogP) is 2.62. The molecule has 7 nitrogen and oxygen atoms in total. The molecule has 0 unspecified atom stereocenters. The highest BCUT2D eigenvalue weighted by Crippen LogP contribution is 2.33. The fourth-order valence-corrected chi connectivity index (χ4v) is 3.04. The van der Waals surface area contributed by atoms with Crippen molar-refractivity contribution in [2.75, 3.05) is 23.9 Å². The van der Waals surface area contributed by atoms with Crippen LogP contribution in [0.3, 0.4) is 0 Å². The van der Waals surface area contributed by atoms with Crippen molar-refractivity contribution in [2.24, 2.45) is 5.92 Å². The van der Waals surface area contributed by atoms with E-state index in [1.807, 2.05) is 12.1 Å². The molecular weight excluding hydrogens is 360 g/mol. The van der Waals surface area contributed by atoms with Gasteiger partial charge in [-0.1, -0.05) is 30.3 Å². The minimum absolute atomic E-state index is 0.0317. The number of amides is 2. The summed E-state index contributed by atoms with van der Waals surface area (Å²) in [5, 5.41) is 2.69. The smallest absolute Gasteiger partial charge is 0.312 e. The fourth-order valence-electron chi connectivity index (χ4n) is 3.04. The lowest BCUT2D eigenvalue weighted by molar-refractivity contribution is -0.157. The maximum absolute atomic E-state index is 12.5. The minimum Gasteiger partial charge on any atom is -0.495 e. The van der Waals surface area contributed by atoms with E-state index in [1.165, 1.54) is 18.9 Å². The van der Waals surface area contributed by atoms with Gasteiger partial charge in [-0.05, 0) is 31.2 Å². The van der Waals surface area contributed by atoms with E-state index in [2.05, 4.69) is 5.32 Å². The first kappa shape index (κ1) is 19.4. The monoisotopic (exact) mass is 382 g/mol. The molecule has 0 radical (unpaired) electrons. The summed E-state index contributed by atoms with van der Waals surface area (Å²) in [6, 6.07) is 16.0. The number of benzene rings is 2. The summed E-state index contributed by atoms with van der Waals surface area (Å²) in [7, 11) is 1.53. The number of methoxy groups -OCH3 is 1. The normalized spacial score (nSPS) is 17.1. The fraction of sp³-hybridized carbons (Fsp3) is 0.286. The summed E-state index contributed by atoms with van der Waals surface area (Å²) in [6.07, 6.45) is -0.938. The Morgan fingerprint density at radius 1 is 1.11 bits per heavy atom. The topological polar surface area (TPSA) is 84.9 Å². The molecule has 1 heterocycles. The number of carbonyl (C=O) groups excluding carboxylic acids is 3. The summed E-state index contributed by atoms with van der Waals surface area (Å²) in [6.45, 7) is 1.69. The van der Waals surface area contributed by atoms with E-state index >= 15 is 0 Å². The van der Waals surface area contributed by atoms with Crippen LogP contribution in [0.15, 0.2) is 54.6 Å². The molecule has 146 valence electrons. The standard InChI is InChI=1S/C21H22N2O5/c1-14(20(25)22-16-8-4-3-5-9-16)28-21(26)15-12-19(24)23(13-15)17-10-6-7-11-18(17)27-2/h3-11,14-15H,12-13H2,1-2H3,(H,22,25)/t14-,15+/m1/s1. The third-order valence-electron chi connectivity index (χ3n) is 4.54. The van der Waals surface area contributed by atoms with Gasteiger partial charge in [-0.15, -0.1) is 0 Å². The van der Waals surface area contributed by atoms with Gasteiger partial charge in [0.05, 0.1) is 18.7 Å². The lowest BCUT2D eigenvalue weighted by Gasteiger charge is -2.20. The molecule has 1 aliphatic heterocycles. The minimum atomic E-state index is -0.969. The zero-order valence-corrected chi connectivity index (χ0v) is 15.8. The number of hydrogen-bond acceptors (Lipinski definition) is 5. The number of nitrogens with one attached hydrogen (secondary N) is 1. The van der Waals surface area contributed by atoms with Gasteiger partial charge in [-0.2, -0.15) is 0 Å². The average molecular weight is 382 g/mol. The molecule has 28 heavy (non-hydrogen) atoms. The lowest BCUT2D eigenvalue weighted by Crippen LogP contribution is -2.33. The van der Waals surface area contributed by atoms with Gasteiger partial charge in [-0.3, -0.25) is 14.4 Å². The third kappa shape index (κ3) is 4.31. The van der Waals surface area contributed by atoms with Crippen LogP contribution in [0.5, 0.6) is 5.75 Å². The van der Waals surface area contributed by atoms with Gasteiger partial charge >= 0.3 is 5.97 Å². The number of rotatable bonds is 6. The number of anilines is 2. The highest BCUT2D eigenvalue weighted by molar-refractivity contribution is 6.01. The molecule has 0 saturated carbocycles. The molecule has 2 amide bonds. The largest absolute Gasteiger partial charge is 0.495 e. The second kappa shape index (κ2) is 8.56. The van der Waals surface area contributed by atoms with Gasteiger partial charge in [0, 0.05) is 18.7 Å². The molecule has 1 fully saturated rings. The number of esters is 1. The van der Waals surface area contributed by atoms with Crippen molar-refractivity contribution in [1.29, 1.82) is 0 Å². The van der Waals surface area contributed by atoms with Gasteiger partial charge < -0.3 is 19.7 Å². The van der Waals surface area contributed by atoms with Crippen LogP contribution < -0.4 is 15.0 Å². The summed E-state index contributed by atoms with van der Waals surface area (Å²) in [4.78, 5) is 38.6. The van der Waals surface area contributed by atoms with Crippen LogP contribution in [0.25, 0.3) is 0 Å². The number of carbonyl (C=O) groups is 3. The molecule has 2 aromatic carbocycles. The third-order valence-corrected chi connectivity index (χ3v) is 4.54. The Hall–Kier alpha value is -3.35. The van der Waals surface area contributed by atoms with E-state index in [-0.39, 0.29) is 18.9 Å². The van der Waals surface area contributed by atoms with Crippen LogP contribution in [0, 0.1) is 5.92 Å². The summed E-state index contributed by atoms with van der Waals surface area (Å²) in [5.41, 5.74) is 1.23. The zero-order chi connectivity index (χ0) is 20.1. The molecule has 0 aliphatic carbocycles. The molecule has 1 saturated heterocycles. The van der Waals surface area contributed by atoms with Gasteiger partial charge in [0.25, 0.3) is 5.91 Å². The van der Waals surface area contributed by atoms with E-state index in [1.54, 1.807) is 42.5 Å². The Morgan fingerprint density at radius 3 is 2.50 bits per heavy atom. The van der Waals surface area contributed by atoms with Crippen molar-refractivity contribution in [1.82, 2.24) is 0 Å². The van der Waals surface area contributed by atoms with E-state index in [4.69, 9.17) is 9.47 Å². The van der Waals surface area contributed by atoms with E-state index < -0.39 is 23.9 Å². The highest BCUT2D eigenvalue weighted by atomic mass is 16.5. The summed E-state index contributed by atoms with van der Waals surface area (Å²) >= 11 is 0. The Morgan fingerprint density at radius 2 is 1.79 bits per heavy atom. The van der Waals surface area contributed by atoms with Crippen molar-refractivity contribution in [3.63, 3.8) is 0 Å². The van der Waals surface area contributed by atoms with Crippen LogP contribution in [0.1, 0.15) is 13.3 Å². The maximum atomic E-state index is 12.5. The zero-order valence-electron chi connectivity index (χ0n) is 15.8. The lowest BCUT2D eigenvalue weighted by atomic mass is 10.1. The molecule has 1 N–H and O–H groups in total. The van der Waals surface area contributed by atoms with Crippen LogP contribution in [0.2, 0.25) is 0 Å². The second-order valence-electron chi connectivity index (χ2n) is 6.51. The second-order valence-corrected chi connectivity index (χ2v) is 6.51. The molecular formula is C21H22N2O5. The van der Waals surface area contributed by atoms with E-state index in [0.717, 1.165) is 0 Å². The van der Waals surface area contributed by atoms with Crippen molar-refractivity contribution < 1.29 is 23.9 Å². The SMILES string of the molecule is COc1ccccc1N1C[C@@H](C(=O)O[C@H](C)C(=O)Nc2ccccc2)CC1=O. The number of nitrogens with zero attached hydrogens (tertiary/aromatic N) is 1. The van der Waals surface area contributed by atoms with Gasteiger partial charge in [-0.25, -0.2) is 0 Å². The Bertz CT molecular complexity index is 868. The van der Waals surface area contributed by atoms with Gasteiger partial charge in [0.2, 0.25) is 5.91 Å². The van der Waals surface area contributed by atoms with Crippen LogP contribution in [-0.4, -0.2) is 37.5 Å². The van der Waals surface area contributed by atoms with E-state index in [9.17, 15) is 14.4 Å². The summed E-state index contributed by atoms with van der Waals surface area (Å²) in [5.74, 6) is -1.26. The van der Waals surface area contributed by atoms with E-state index in [0.29, 0.717) is 17.1 Å². The Balaban J connectivity index is 1.60. The maximum Gasteiger partial charge on any atom is 0.312 e. The van der Waals surface area contributed by atoms with Gasteiger partial charge in [0.1, 0.15) is 5.75 Å². The number of ether oxygens (including phenoxy) is 2.